The second kappa shape index (κ2) is 9.94. The van der Waals surface area contributed by atoms with Crippen LogP contribution in [0.15, 0.2) is 24.4 Å². The van der Waals surface area contributed by atoms with Crippen LogP contribution in [-0.2, 0) is 22.6 Å². The number of piperidine rings is 1. The van der Waals surface area contributed by atoms with E-state index in [0.717, 1.165) is 36.4 Å². The van der Waals surface area contributed by atoms with Crippen molar-refractivity contribution in [1.29, 1.82) is 0 Å². The van der Waals surface area contributed by atoms with Crippen LogP contribution < -0.4 is 16.4 Å². The third-order valence-electron chi connectivity index (χ3n) is 5.14. The number of nitrogens with one attached hydrogen (secondary N) is 2. The zero-order chi connectivity index (χ0) is 21.7. The number of aromatic nitrogens is 1. The van der Waals surface area contributed by atoms with Gasteiger partial charge in [-0.2, -0.15) is 0 Å². The van der Waals surface area contributed by atoms with E-state index in [-0.39, 0.29) is 24.9 Å². The SMILES string of the molecule is CN1CCCC[C@H]1C(=O)N[C@@H](Cc1ccc(F)c(F)c1)C(=O)NCc1cnc(N)s1. The van der Waals surface area contributed by atoms with Crippen molar-refractivity contribution in [2.75, 3.05) is 19.3 Å². The highest BCUT2D eigenvalue weighted by molar-refractivity contribution is 7.15. The monoisotopic (exact) mass is 437 g/mol. The van der Waals surface area contributed by atoms with Gasteiger partial charge in [-0.15, -0.1) is 11.3 Å². The van der Waals surface area contributed by atoms with E-state index in [9.17, 15) is 18.4 Å². The predicted molar refractivity (Wildman–Crippen MR) is 111 cm³/mol. The van der Waals surface area contributed by atoms with Crippen LogP contribution in [0.3, 0.4) is 0 Å². The summed E-state index contributed by atoms with van der Waals surface area (Å²) in [7, 11) is 1.88. The van der Waals surface area contributed by atoms with Crippen LogP contribution in [0.25, 0.3) is 0 Å². The smallest absolute Gasteiger partial charge is 0.243 e. The molecular formula is C20H25F2N5O2S. The third-order valence-corrected chi connectivity index (χ3v) is 5.96. The zero-order valence-electron chi connectivity index (χ0n) is 16.7. The molecule has 0 bridgehead atoms. The van der Waals surface area contributed by atoms with E-state index in [2.05, 4.69) is 15.6 Å². The van der Waals surface area contributed by atoms with Gasteiger partial charge in [0.1, 0.15) is 6.04 Å². The average Bonchev–Trinajstić information content (AvgIpc) is 3.14. The van der Waals surface area contributed by atoms with Crippen molar-refractivity contribution >= 4 is 28.3 Å². The molecule has 0 spiro atoms. The van der Waals surface area contributed by atoms with E-state index in [0.29, 0.717) is 17.1 Å². The molecule has 4 N–H and O–H groups in total. The van der Waals surface area contributed by atoms with Crippen molar-refractivity contribution in [3.8, 4) is 0 Å². The first-order valence-electron chi connectivity index (χ1n) is 9.76. The second-order valence-corrected chi connectivity index (χ2v) is 8.54. The summed E-state index contributed by atoms with van der Waals surface area (Å²) in [5.41, 5.74) is 6.01. The summed E-state index contributed by atoms with van der Waals surface area (Å²) in [5.74, 6) is -2.62. The van der Waals surface area contributed by atoms with E-state index >= 15 is 0 Å². The predicted octanol–water partition coefficient (Wildman–Crippen LogP) is 1.83. The number of likely N-dealkylation sites (N-methyl/N-ethyl adjacent to an activating group) is 1. The molecule has 1 aliphatic heterocycles. The number of nitrogens with two attached hydrogens (primary N) is 1. The molecule has 0 radical (unpaired) electrons. The molecule has 1 aliphatic rings. The topological polar surface area (TPSA) is 100 Å². The lowest BCUT2D eigenvalue weighted by atomic mass is 10.0. The second-order valence-electron chi connectivity index (χ2n) is 7.39. The molecule has 0 aliphatic carbocycles. The Labute approximate surface area is 177 Å². The lowest BCUT2D eigenvalue weighted by Crippen LogP contribution is -2.54. The minimum absolute atomic E-state index is 0.0377. The summed E-state index contributed by atoms with van der Waals surface area (Å²) in [4.78, 5) is 32.3. The number of hydrogen-bond donors (Lipinski definition) is 3. The van der Waals surface area contributed by atoms with E-state index in [4.69, 9.17) is 5.73 Å². The number of carbonyl (C=O) groups excluding carboxylic acids is 2. The molecule has 2 atom stereocenters. The van der Waals surface area contributed by atoms with Crippen LogP contribution in [-0.4, -0.2) is 47.4 Å². The molecule has 2 amide bonds. The number of thiazole rings is 1. The Balaban J connectivity index is 1.71. The molecule has 1 aromatic heterocycles. The maximum atomic E-state index is 13.6. The molecule has 2 aromatic rings. The van der Waals surface area contributed by atoms with Crippen molar-refractivity contribution in [3.63, 3.8) is 0 Å². The molecule has 7 nitrogen and oxygen atoms in total. The summed E-state index contributed by atoms with van der Waals surface area (Å²) in [6, 6.07) is 2.21. The summed E-state index contributed by atoms with van der Waals surface area (Å²) in [5, 5.41) is 5.95. The Morgan fingerprint density at radius 3 is 2.80 bits per heavy atom. The summed E-state index contributed by atoms with van der Waals surface area (Å²) >= 11 is 1.25. The summed E-state index contributed by atoms with van der Waals surface area (Å²) in [6.07, 6.45) is 4.28. The number of halogens is 2. The minimum atomic E-state index is -0.995. The van der Waals surface area contributed by atoms with Crippen molar-refractivity contribution in [2.45, 2.75) is 44.3 Å². The molecule has 10 heteroatoms. The number of carbonyl (C=O) groups is 2. The van der Waals surface area contributed by atoms with Crippen molar-refractivity contribution < 1.29 is 18.4 Å². The van der Waals surface area contributed by atoms with Gasteiger partial charge in [-0.1, -0.05) is 12.5 Å². The fraction of sp³-hybridized carbons (Fsp3) is 0.450. The van der Waals surface area contributed by atoms with Crippen LogP contribution in [0.2, 0.25) is 0 Å². The Bertz CT molecular complexity index is 907. The van der Waals surface area contributed by atoms with Crippen LogP contribution >= 0.6 is 11.3 Å². The first-order chi connectivity index (χ1) is 14.3. The zero-order valence-corrected chi connectivity index (χ0v) is 17.5. The average molecular weight is 438 g/mol. The normalized spacial score (nSPS) is 18.0. The Hall–Kier alpha value is -2.59. The van der Waals surface area contributed by atoms with Gasteiger partial charge in [0.25, 0.3) is 0 Å². The number of rotatable bonds is 7. The molecule has 3 rings (SSSR count). The van der Waals surface area contributed by atoms with Crippen LogP contribution in [0.1, 0.15) is 29.7 Å². The highest BCUT2D eigenvalue weighted by Crippen LogP contribution is 2.17. The molecule has 2 heterocycles. The number of hydrogen-bond acceptors (Lipinski definition) is 6. The van der Waals surface area contributed by atoms with Gasteiger partial charge in [-0.3, -0.25) is 14.5 Å². The molecule has 1 fully saturated rings. The molecule has 162 valence electrons. The van der Waals surface area contributed by atoms with Crippen LogP contribution in [0.5, 0.6) is 0 Å². The number of likely N-dealkylation sites (tertiary alicyclic amines) is 1. The fourth-order valence-corrected chi connectivity index (χ4v) is 4.11. The quantitative estimate of drug-likeness (QED) is 0.614. The standard InChI is InChI=1S/C20H25F2N5O2S/c1-27-7-3-2-4-17(27)19(29)26-16(9-12-5-6-14(21)15(22)8-12)18(28)24-10-13-11-25-20(23)30-13/h5-6,8,11,16-17H,2-4,7,9-10H2,1H3,(H2,23,25)(H,24,28)(H,26,29)/t16-,17-/m0/s1. The molecule has 1 aromatic carbocycles. The number of nitrogen functional groups attached to an aromatic ring is 1. The first-order valence-corrected chi connectivity index (χ1v) is 10.6. The van der Waals surface area contributed by atoms with E-state index in [1.807, 2.05) is 11.9 Å². The molecular weight excluding hydrogens is 412 g/mol. The van der Waals surface area contributed by atoms with Crippen LogP contribution in [0, 0.1) is 11.6 Å². The number of nitrogens with zero attached hydrogens (tertiary/aromatic N) is 2. The number of benzene rings is 1. The lowest BCUT2D eigenvalue weighted by molar-refractivity contribution is -0.132. The van der Waals surface area contributed by atoms with Gasteiger partial charge in [-0.05, 0) is 44.1 Å². The Morgan fingerprint density at radius 1 is 1.33 bits per heavy atom. The van der Waals surface area contributed by atoms with Crippen LogP contribution in [0.4, 0.5) is 13.9 Å². The largest absolute Gasteiger partial charge is 0.375 e. The molecule has 1 saturated heterocycles. The van der Waals surface area contributed by atoms with Gasteiger partial charge < -0.3 is 16.4 Å². The van der Waals surface area contributed by atoms with Crippen molar-refractivity contribution in [3.05, 3.63) is 46.5 Å². The van der Waals surface area contributed by atoms with E-state index in [1.54, 1.807) is 6.20 Å². The Kier molecular flexibility index (Phi) is 7.33. The van der Waals surface area contributed by atoms with Gasteiger partial charge in [-0.25, -0.2) is 13.8 Å². The maximum Gasteiger partial charge on any atom is 0.243 e. The fourth-order valence-electron chi connectivity index (χ4n) is 3.49. The highest BCUT2D eigenvalue weighted by atomic mass is 32.1. The van der Waals surface area contributed by atoms with Crippen molar-refractivity contribution in [1.82, 2.24) is 20.5 Å². The molecule has 30 heavy (non-hydrogen) atoms. The van der Waals surface area contributed by atoms with E-state index < -0.39 is 23.6 Å². The van der Waals surface area contributed by atoms with Gasteiger partial charge >= 0.3 is 0 Å². The lowest BCUT2D eigenvalue weighted by Gasteiger charge is -2.32. The Morgan fingerprint density at radius 2 is 2.13 bits per heavy atom. The summed E-state index contributed by atoms with van der Waals surface area (Å²) < 4.78 is 26.9. The number of amides is 2. The molecule has 0 saturated carbocycles. The van der Waals surface area contributed by atoms with E-state index in [1.165, 1.54) is 17.4 Å². The highest BCUT2D eigenvalue weighted by Gasteiger charge is 2.30. The van der Waals surface area contributed by atoms with Gasteiger partial charge in [0.05, 0.1) is 12.6 Å². The van der Waals surface area contributed by atoms with Crippen molar-refractivity contribution in [2.24, 2.45) is 0 Å². The number of anilines is 1. The minimum Gasteiger partial charge on any atom is -0.375 e. The first kappa shape index (κ1) is 22.1. The van der Waals surface area contributed by atoms with Gasteiger partial charge in [0.15, 0.2) is 16.8 Å². The van der Waals surface area contributed by atoms with Gasteiger partial charge in [0, 0.05) is 17.5 Å². The molecule has 0 unspecified atom stereocenters. The summed E-state index contributed by atoms with van der Waals surface area (Å²) in [6.45, 7) is 1.02. The van der Waals surface area contributed by atoms with Gasteiger partial charge in [0.2, 0.25) is 11.8 Å². The maximum absolute atomic E-state index is 13.6. The third kappa shape index (κ3) is 5.73.